The molecule has 0 aliphatic heterocycles. The SMILES string of the molecule is C=C(N/N=C\C)/C(C)=C/N. The van der Waals surface area contributed by atoms with Gasteiger partial charge in [-0.15, -0.1) is 0 Å². The molecule has 0 atom stereocenters. The van der Waals surface area contributed by atoms with Gasteiger partial charge in [0.15, 0.2) is 0 Å². The number of hydrazone groups is 1. The summed E-state index contributed by atoms with van der Waals surface area (Å²) in [6.07, 6.45) is 3.13. The van der Waals surface area contributed by atoms with Crippen LogP contribution >= 0.6 is 0 Å². The molecule has 0 aliphatic carbocycles. The third kappa shape index (κ3) is 2.91. The van der Waals surface area contributed by atoms with Gasteiger partial charge in [0.25, 0.3) is 0 Å². The second-order valence-electron chi connectivity index (χ2n) is 1.83. The van der Waals surface area contributed by atoms with Crippen LogP contribution < -0.4 is 11.2 Å². The van der Waals surface area contributed by atoms with Gasteiger partial charge in [-0.2, -0.15) is 5.10 Å². The zero-order valence-corrected chi connectivity index (χ0v) is 6.39. The van der Waals surface area contributed by atoms with Gasteiger partial charge in [0.1, 0.15) is 0 Å². The molecule has 0 radical (unpaired) electrons. The molecule has 0 aliphatic rings. The van der Waals surface area contributed by atoms with E-state index in [0.717, 1.165) is 11.3 Å². The van der Waals surface area contributed by atoms with Gasteiger partial charge in [-0.1, -0.05) is 6.58 Å². The summed E-state index contributed by atoms with van der Waals surface area (Å²) in [5.41, 5.74) is 9.56. The highest BCUT2D eigenvalue weighted by Gasteiger charge is 1.90. The van der Waals surface area contributed by atoms with Gasteiger partial charge in [-0.05, 0) is 25.6 Å². The van der Waals surface area contributed by atoms with Crippen LogP contribution in [-0.2, 0) is 0 Å². The van der Waals surface area contributed by atoms with E-state index in [1.54, 1.807) is 6.21 Å². The summed E-state index contributed by atoms with van der Waals surface area (Å²) in [6.45, 7) is 7.37. The number of nitrogens with two attached hydrogens (primary N) is 1. The summed E-state index contributed by atoms with van der Waals surface area (Å²) in [5, 5.41) is 3.77. The zero-order valence-electron chi connectivity index (χ0n) is 6.39. The summed E-state index contributed by atoms with van der Waals surface area (Å²) < 4.78 is 0. The van der Waals surface area contributed by atoms with Crippen molar-refractivity contribution in [2.45, 2.75) is 13.8 Å². The minimum atomic E-state index is 0.723. The summed E-state index contributed by atoms with van der Waals surface area (Å²) in [7, 11) is 0. The molecule has 3 nitrogen and oxygen atoms in total. The van der Waals surface area contributed by atoms with E-state index in [9.17, 15) is 0 Å². The zero-order chi connectivity index (χ0) is 7.98. The molecule has 0 aromatic carbocycles. The van der Waals surface area contributed by atoms with E-state index in [1.165, 1.54) is 6.20 Å². The van der Waals surface area contributed by atoms with Crippen LogP contribution in [0.15, 0.2) is 29.2 Å². The Bertz CT molecular complexity index is 168. The Balaban J connectivity index is 3.86. The fourth-order valence-electron chi connectivity index (χ4n) is 0.331. The summed E-state index contributed by atoms with van der Waals surface area (Å²) in [4.78, 5) is 0. The van der Waals surface area contributed by atoms with E-state index in [0.29, 0.717) is 0 Å². The van der Waals surface area contributed by atoms with Gasteiger partial charge in [0.05, 0.1) is 5.70 Å². The van der Waals surface area contributed by atoms with Gasteiger partial charge in [0, 0.05) is 6.21 Å². The maximum atomic E-state index is 5.23. The van der Waals surface area contributed by atoms with Crippen molar-refractivity contribution in [3.63, 3.8) is 0 Å². The fraction of sp³-hybridized carbons (Fsp3) is 0.286. The number of nitrogens with one attached hydrogen (secondary N) is 1. The van der Waals surface area contributed by atoms with E-state index < -0.39 is 0 Å². The third-order valence-corrected chi connectivity index (χ3v) is 1.05. The first-order valence-corrected chi connectivity index (χ1v) is 3.03. The lowest BCUT2D eigenvalue weighted by Crippen LogP contribution is -2.05. The van der Waals surface area contributed by atoms with Crippen molar-refractivity contribution in [2.24, 2.45) is 10.8 Å². The first kappa shape index (κ1) is 8.75. The minimum absolute atomic E-state index is 0.723. The molecule has 0 aromatic heterocycles. The maximum Gasteiger partial charge on any atom is 0.0533 e. The molecule has 3 heteroatoms. The van der Waals surface area contributed by atoms with Crippen LogP contribution in [0.4, 0.5) is 0 Å². The Morgan fingerprint density at radius 2 is 2.30 bits per heavy atom. The first-order valence-electron chi connectivity index (χ1n) is 3.03. The van der Waals surface area contributed by atoms with Crippen molar-refractivity contribution in [2.75, 3.05) is 0 Å². The lowest BCUT2D eigenvalue weighted by Gasteiger charge is -2.01. The predicted molar refractivity (Wildman–Crippen MR) is 44.4 cm³/mol. The Labute approximate surface area is 61.3 Å². The Morgan fingerprint density at radius 1 is 1.70 bits per heavy atom. The smallest absolute Gasteiger partial charge is 0.0533 e. The van der Waals surface area contributed by atoms with Gasteiger partial charge < -0.3 is 5.73 Å². The number of hydrogen-bond donors (Lipinski definition) is 2. The van der Waals surface area contributed by atoms with Gasteiger partial charge >= 0.3 is 0 Å². The van der Waals surface area contributed by atoms with Crippen molar-refractivity contribution < 1.29 is 0 Å². The van der Waals surface area contributed by atoms with E-state index >= 15 is 0 Å². The molecular formula is C7H13N3. The number of rotatable bonds is 3. The van der Waals surface area contributed by atoms with Crippen LogP contribution in [0, 0.1) is 0 Å². The highest BCUT2D eigenvalue weighted by Crippen LogP contribution is 1.98. The van der Waals surface area contributed by atoms with Crippen LogP contribution in [0.5, 0.6) is 0 Å². The molecule has 3 N–H and O–H groups in total. The van der Waals surface area contributed by atoms with Crippen molar-refractivity contribution >= 4 is 6.21 Å². The van der Waals surface area contributed by atoms with Gasteiger partial charge in [-0.25, -0.2) is 0 Å². The lowest BCUT2D eigenvalue weighted by atomic mass is 10.3. The van der Waals surface area contributed by atoms with Crippen LogP contribution in [0.1, 0.15) is 13.8 Å². The molecular weight excluding hydrogens is 126 g/mol. The molecule has 0 aromatic rings. The summed E-state index contributed by atoms with van der Waals surface area (Å²) in [6, 6.07) is 0. The molecule has 0 saturated heterocycles. The molecule has 10 heavy (non-hydrogen) atoms. The van der Waals surface area contributed by atoms with Crippen molar-refractivity contribution in [1.29, 1.82) is 0 Å². The van der Waals surface area contributed by atoms with Crippen LogP contribution in [0.25, 0.3) is 0 Å². The van der Waals surface area contributed by atoms with Gasteiger partial charge in [0.2, 0.25) is 0 Å². The Kier molecular flexibility index (Phi) is 4.04. The normalized spacial score (nSPS) is 12.0. The molecule has 0 heterocycles. The maximum absolute atomic E-state index is 5.23. The summed E-state index contributed by atoms with van der Waals surface area (Å²) >= 11 is 0. The van der Waals surface area contributed by atoms with Gasteiger partial charge in [-0.3, -0.25) is 5.43 Å². The topological polar surface area (TPSA) is 50.4 Å². The number of allylic oxidation sites excluding steroid dienone is 1. The molecule has 56 valence electrons. The minimum Gasteiger partial charge on any atom is -0.404 e. The van der Waals surface area contributed by atoms with Crippen LogP contribution in [0.3, 0.4) is 0 Å². The monoisotopic (exact) mass is 139 g/mol. The van der Waals surface area contributed by atoms with E-state index in [2.05, 4.69) is 17.1 Å². The molecule has 0 spiro atoms. The van der Waals surface area contributed by atoms with Crippen LogP contribution in [-0.4, -0.2) is 6.21 Å². The largest absolute Gasteiger partial charge is 0.404 e. The quantitative estimate of drug-likeness (QED) is 0.347. The molecule has 0 saturated carbocycles. The number of nitrogens with zero attached hydrogens (tertiary/aromatic N) is 1. The second kappa shape index (κ2) is 4.61. The molecule has 0 bridgehead atoms. The number of hydrogen-bond acceptors (Lipinski definition) is 3. The molecule has 0 fully saturated rings. The molecule has 0 amide bonds. The van der Waals surface area contributed by atoms with E-state index in [1.807, 2.05) is 13.8 Å². The third-order valence-electron chi connectivity index (χ3n) is 1.05. The average Bonchev–Trinajstić information content (AvgIpc) is 1.98. The second-order valence-corrected chi connectivity index (χ2v) is 1.83. The first-order chi connectivity index (χ1) is 4.72. The Morgan fingerprint density at radius 3 is 2.70 bits per heavy atom. The Hall–Kier alpha value is -1.25. The van der Waals surface area contributed by atoms with Crippen LogP contribution in [0.2, 0.25) is 0 Å². The highest BCUT2D eigenvalue weighted by molar-refractivity contribution is 5.53. The average molecular weight is 139 g/mol. The lowest BCUT2D eigenvalue weighted by molar-refractivity contribution is 0.904. The van der Waals surface area contributed by atoms with Crippen molar-refractivity contribution in [3.8, 4) is 0 Å². The fourth-order valence-corrected chi connectivity index (χ4v) is 0.331. The predicted octanol–water partition coefficient (Wildman–Crippen LogP) is 0.958. The van der Waals surface area contributed by atoms with E-state index in [-0.39, 0.29) is 0 Å². The molecule has 0 rings (SSSR count). The van der Waals surface area contributed by atoms with Crippen molar-refractivity contribution in [3.05, 3.63) is 24.0 Å². The highest BCUT2D eigenvalue weighted by atomic mass is 15.3. The summed E-state index contributed by atoms with van der Waals surface area (Å²) in [5.74, 6) is 0. The van der Waals surface area contributed by atoms with Crippen molar-refractivity contribution in [1.82, 2.24) is 5.43 Å². The standard InChI is InChI=1S/C7H13N3/c1-4-9-10-7(3)6(2)5-8/h4-5,10H,3,8H2,1-2H3/b6-5+,9-4-. The molecule has 0 unspecified atom stereocenters. The van der Waals surface area contributed by atoms with E-state index in [4.69, 9.17) is 5.73 Å².